The van der Waals surface area contributed by atoms with Gasteiger partial charge in [-0.3, -0.25) is 9.69 Å². The largest absolute Gasteiger partial charge is 0.493 e. The molecule has 13 heteroatoms. The van der Waals surface area contributed by atoms with Gasteiger partial charge in [0, 0.05) is 48.4 Å². The van der Waals surface area contributed by atoms with E-state index in [1.54, 1.807) is 0 Å². The summed E-state index contributed by atoms with van der Waals surface area (Å²) in [4.78, 5) is 31.0. The number of amides is 3. The number of hydrogen-bond donors (Lipinski definition) is 2. The van der Waals surface area contributed by atoms with Gasteiger partial charge >= 0.3 is 12.2 Å². The number of halogens is 5. The summed E-state index contributed by atoms with van der Waals surface area (Å²) in [6.07, 6.45) is -4.61. The quantitative estimate of drug-likeness (QED) is 0.563. The molecule has 0 saturated carbocycles. The second kappa shape index (κ2) is 9.77. The number of benzene rings is 1. The Morgan fingerprint density at radius 2 is 2.03 bits per heavy atom. The fourth-order valence-corrected chi connectivity index (χ4v) is 4.75. The molecule has 2 N–H and O–H groups in total. The molecule has 2 aromatic rings. The number of anilines is 2. The van der Waals surface area contributed by atoms with Crippen molar-refractivity contribution in [2.75, 3.05) is 30.4 Å². The number of nitrogens with zero attached hydrogens (tertiary/aromatic N) is 2. The molecular weight excluding hydrogens is 503 g/mol. The van der Waals surface area contributed by atoms with Crippen molar-refractivity contribution in [1.29, 1.82) is 0 Å². The lowest BCUT2D eigenvalue weighted by Gasteiger charge is -2.32. The molecule has 1 aromatic carbocycles. The molecule has 0 radical (unpaired) electrons. The maximum atomic E-state index is 14.5. The Balaban J connectivity index is 1.70. The molecule has 2 aliphatic heterocycles. The van der Waals surface area contributed by atoms with E-state index < -0.39 is 53.0 Å². The molecule has 37 heavy (non-hydrogen) atoms. The number of hydrogen-bond acceptors (Lipinski definition) is 5. The van der Waals surface area contributed by atoms with Crippen molar-refractivity contribution in [3.63, 3.8) is 0 Å². The number of aromatic nitrogens is 1. The Bertz CT molecular complexity index is 1210. The van der Waals surface area contributed by atoms with Crippen LogP contribution < -0.4 is 20.3 Å². The van der Waals surface area contributed by atoms with Crippen LogP contribution in [0.4, 0.5) is 38.3 Å². The van der Waals surface area contributed by atoms with E-state index in [9.17, 15) is 31.5 Å². The Labute approximate surface area is 209 Å². The highest BCUT2D eigenvalue weighted by Gasteiger charge is 2.65. The fraction of sp³-hybridized carbons (Fsp3) is 0.458. The van der Waals surface area contributed by atoms with E-state index >= 15 is 0 Å². The van der Waals surface area contributed by atoms with Gasteiger partial charge in [0.05, 0.1) is 7.11 Å². The highest BCUT2D eigenvalue weighted by atomic mass is 19.4. The number of pyridine rings is 1. The van der Waals surface area contributed by atoms with E-state index in [2.05, 4.69) is 15.6 Å². The van der Waals surface area contributed by atoms with Crippen LogP contribution >= 0.6 is 0 Å². The first kappa shape index (κ1) is 26.6. The van der Waals surface area contributed by atoms with Crippen LogP contribution in [0.3, 0.4) is 0 Å². The van der Waals surface area contributed by atoms with Crippen molar-refractivity contribution in [2.45, 2.75) is 44.1 Å². The van der Waals surface area contributed by atoms with Crippen LogP contribution in [0.1, 0.15) is 31.7 Å². The molecule has 4 atom stereocenters. The first-order valence-corrected chi connectivity index (χ1v) is 11.5. The zero-order valence-corrected chi connectivity index (χ0v) is 20.2. The maximum absolute atomic E-state index is 14.5. The van der Waals surface area contributed by atoms with Gasteiger partial charge in [0.15, 0.2) is 17.2 Å². The molecule has 2 saturated heterocycles. The summed E-state index contributed by atoms with van der Waals surface area (Å²) in [5.41, 5.74) is -2.76. The van der Waals surface area contributed by atoms with Crippen LogP contribution in [0, 0.1) is 17.6 Å². The van der Waals surface area contributed by atoms with Crippen molar-refractivity contribution in [3.8, 4) is 5.75 Å². The molecule has 4 unspecified atom stereocenters. The minimum Gasteiger partial charge on any atom is -0.493 e. The molecule has 0 bridgehead atoms. The van der Waals surface area contributed by atoms with E-state index in [4.69, 9.17) is 9.47 Å². The van der Waals surface area contributed by atoms with Crippen LogP contribution in [-0.2, 0) is 9.53 Å². The normalized spacial score (nSPS) is 26.1. The summed E-state index contributed by atoms with van der Waals surface area (Å²) < 4.78 is 81.0. The van der Waals surface area contributed by atoms with Gasteiger partial charge in [-0.2, -0.15) is 17.6 Å². The number of alkyl halides is 3. The molecule has 200 valence electrons. The van der Waals surface area contributed by atoms with Crippen LogP contribution in [0.15, 0.2) is 30.5 Å². The molecular formula is C24H25F5N4O4. The standard InChI is InChI=1S/C24H25F5N4O4/c1-12-17(14-5-6-15(25)18(26)19(14)36-3)20(37-23(12,2)24(27,28)29)21(34)32-13-7-9-30-16(11-13)33-10-4-8-31-22(33)35/h5-7,9,11-12,17,20H,4,8,10H2,1-3H3,(H,31,35)(H,30,32,34). The molecule has 0 aliphatic carbocycles. The average Bonchev–Trinajstić information content (AvgIpc) is 3.13. The molecule has 3 amide bonds. The fourth-order valence-electron chi connectivity index (χ4n) is 4.75. The summed E-state index contributed by atoms with van der Waals surface area (Å²) in [5.74, 6) is -6.68. The third kappa shape index (κ3) is 4.67. The van der Waals surface area contributed by atoms with Gasteiger partial charge in [0.25, 0.3) is 5.91 Å². The smallest absolute Gasteiger partial charge is 0.417 e. The SMILES string of the molecule is COc1c(C2C(C(=O)Nc3ccnc(N4CCCNC4=O)c3)OC(C)(C(F)(F)F)C2C)ccc(F)c1F. The number of rotatable bonds is 5. The first-order chi connectivity index (χ1) is 17.4. The van der Waals surface area contributed by atoms with Gasteiger partial charge in [-0.1, -0.05) is 13.0 Å². The third-order valence-corrected chi connectivity index (χ3v) is 6.94. The Hall–Kier alpha value is -3.48. The molecule has 8 nitrogen and oxygen atoms in total. The van der Waals surface area contributed by atoms with Gasteiger partial charge < -0.3 is 20.1 Å². The van der Waals surface area contributed by atoms with Crippen molar-refractivity contribution in [3.05, 3.63) is 47.7 Å². The van der Waals surface area contributed by atoms with Gasteiger partial charge in [-0.15, -0.1) is 0 Å². The zero-order valence-electron chi connectivity index (χ0n) is 20.2. The second-order valence-electron chi connectivity index (χ2n) is 9.07. The maximum Gasteiger partial charge on any atom is 0.417 e. The van der Waals surface area contributed by atoms with E-state index in [-0.39, 0.29) is 23.1 Å². The number of urea groups is 1. The summed E-state index contributed by atoms with van der Waals surface area (Å²) in [7, 11) is 1.05. The predicted molar refractivity (Wildman–Crippen MR) is 122 cm³/mol. The number of nitrogens with one attached hydrogen (secondary N) is 2. The van der Waals surface area contributed by atoms with E-state index in [0.29, 0.717) is 19.5 Å². The summed E-state index contributed by atoms with van der Waals surface area (Å²) in [5, 5.41) is 5.18. The summed E-state index contributed by atoms with van der Waals surface area (Å²) >= 11 is 0. The Morgan fingerprint density at radius 1 is 1.30 bits per heavy atom. The molecule has 2 aliphatic rings. The molecule has 2 fully saturated rings. The van der Waals surface area contributed by atoms with Gasteiger partial charge in [0.2, 0.25) is 5.82 Å². The molecule has 4 rings (SSSR count). The van der Waals surface area contributed by atoms with E-state index in [1.165, 1.54) is 30.2 Å². The van der Waals surface area contributed by atoms with Crippen molar-refractivity contribution in [1.82, 2.24) is 10.3 Å². The van der Waals surface area contributed by atoms with E-state index in [0.717, 1.165) is 26.2 Å². The first-order valence-electron chi connectivity index (χ1n) is 11.5. The average molecular weight is 528 g/mol. The topological polar surface area (TPSA) is 92.8 Å². The monoisotopic (exact) mass is 528 g/mol. The van der Waals surface area contributed by atoms with E-state index in [1.807, 2.05) is 0 Å². The highest BCUT2D eigenvalue weighted by Crippen LogP contribution is 2.55. The predicted octanol–water partition coefficient (Wildman–Crippen LogP) is 4.37. The third-order valence-electron chi connectivity index (χ3n) is 6.94. The Kier molecular flexibility index (Phi) is 7.01. The highest BCUT2D eigenvalue weighted by molar-refractivity contribution is 5.97. The molecule has 0 spiro atoms. The number of carbonyl (C=O) groups excluding carboxylic acids is 2. The zero-order chi connectivity index (χ0) is 27.1. The van der Waals surface area contributed by atoms with Crippen LogP contribution in [-0.4, -0.2) is 55.0 Å². The van der Waals surface area contributed by atoms with Crippen LogP contribution in [0.5, 0.6) is 5.75 Å². The van der Waals surface area contributed by atoms with Crippen molar-refractivity contribution < 1.29 is 41.0 Å². The van der Waals surface area contributed by atoms with Gasteiger partial charge in [-0.25, -0.2) is 14.2 Å². The summed E-state index contributed by atoms with van der Waals surface area (Å²) in [6.45, 7) is 2.94. The number of ether oxygens (including phenoxy) is 2. The number of carbonyl (C=O) groups is 2. The van der Waals surface area contributed by atoms with Crippen molar-refractivity contribution >= 4 is 23.4 Å². The molecule has 3 heterocycles. The molecule has 1 aromatic heterocycles. The lowest BCUT2D eigenvalue weighted by molar-refractivity contribution is -0.272. The van der Waals surface area contributed by atoms with Crippen molar-refractivity contribution in [2.24, 2.45) is 5.92 Å². The minimum absolute atomic E-state index is 0.137. The second-order valence-corrected chi connectivity index (χ2v) is 9.07. The lowest BCUT2D eigenvalue weighted by atomic mass is 9.77. The summed E-state index contributed by atoms with van der Waals surface area (Å²) in [6, 6.07) is 4.27. The van der Waals surface area contributed by atoms with Gasteiger partial charge in [0.1, 0.15) is 11.9 Å². The minimum atomic E-state index is -4.88. The lowest BCUT2D eigenvalue weighted by Crippen LogP contribution is -2.47. The van der Waals surface area contributed by atoms with Crippen LogP contribution in [0.2, 0.25) is 0 Å². The van der Waals surface area contributed by atoms with Crippen LogP contribution in [0.25, 0.3) is 0 Å². The van der Waals surface area contributed by atoms with Gasteiger partial charge in [-0.05, 0) is 25.5 Å². The number of methoxy groups -OCH3 is 1. The Morgan fingerprint density at radius 3 is 2.68 bits per heavy atom.